The highest BCUT2D eigenvalue weighted by Gasteiger charge is 2.05. The molecule has 0 saturated heterocycles. The van der Waals surface area contributed by atoms with Gasteiger partial charge in [0.2, 0.25) is 0 Å². The Morgan fingerprint density at radius 2 is 2.08 bits per heavy atom. The van der Waals surface area contributed by atoms with Crippen LogP contribution < -0.4 is 10.6 Å². The van der Waals surface area contributed by atoms with Crippen molar-refractivity contribution >= 4 is 11.6 Å². The van der Waals surface area contributed by atoms with E-state index < -0.39 is 0 Å². The molecule has 0 aliphatic rings. The highest BCUT2D eigenvalue weighted by molar-refractivity contribution is 5.79. The van der Waals surface area contributed by atoms with E-state index in [-0.39, 0.29) is 5.82 Å². The summed E-state index contributed by atoms with van der Waals surface area (Å²) >= 11 is 0. The van der Waals surface area contributed by atoms with Gasteiger partial charge in [-0.3, -0.25) is 9.39 Å². The van der Waals surface area contributed by atoms with Crippen LogP contribution in [0.1, 0.15) is 17.0 Å². The first-order chi connectivity index (χ1) is 12.2. The highest BCUT2D eigenvalue weighted by Crippen LogP contribution is 2.08. The quantitative estimate of drug-likeness (QED) is 0.551. The van der Waals surface area contributed by atoms with Gasteiger partial charge in [0.1, 0.15) is 11.6 Å². The molecule has 0 fully saturated rings. The molecule has 6 nitrogen and oxygen atoms in total. The standard InChI is InChI=1S/C18H21FN6/c1-13-11-14(6-7-15(13)19)12-22-18(20-2)21-9-8-17-24-23-16-5-3-4-10-25(16)17/h3-7,10-11H,8-9,12H2,1-2H3,(H2,20,21,22). The zero-order valence-corrected chi connectivity index (χ0v) is 14.3. The molecule has 2 heterocycles. The predicted molar refractivity (Wildman–Crippen MR) is 96.0 cm³/mol. The van der Waals surface area contributed by atoms with Gasteiger partial charge in [0.15, 0.2) is 11.6 Å². The monoisotopic (exact) mass is 340 g/mol. The zero-order valence-electron chi connectivity index (χ0n) is 14.3. The van der Waals surface area contributed by atoms with Crippen molar-refractivity contribution in [1.82, 2.24) is 25.2 Å². The van der Waals surface area contributed by atoms with E-state index in [0.717, 1.165) is 23.5 Å². The summed E-state index contributed by atoms with van der Waals surface area (Å²) in [7, 11) is 1.72. The number of nitrogens with zero attached hydrogens (tertiary/aromatic N) is 4. The van der Waals surface area contributed by atoms with E-state index in [1.165, 1.54) is 6.07 Å². The minimum atomic E-state index is -0.188. The number of rotatable bonds is 5. The molecule has 0 unspecified atom stereocenters. The molecular weight excluding hydrogens is 319 g/mol. The molecule has 0 amide bonds. The van der Waals surface area contributed by atoms with Crippen molar-refractivity contribution < 1.29 is 4.39 Å². The van der Waals surface area contributed by atoms with E-state index in [0.29, 0.717) is 24.6 Å². The van der Waals surface area contributed by atoms with Crippen LogP contribution in [0.15, 0.2) is 47.6 Å². The number of aromatic nitrogens is 3. The summed E-state index contributed by atoms with van der Waals surface area (Å²) in [6.07, 6.45) is 2.68. The largest absolute Gasteiger partial charge is 0.356 e. The Bertz CT molecular complexity index is 886. The molecule has 25 heavy (non-hydrogen) atoms. The predicted octanol–water partition coefficient (Wildman–Crippen LogP) is 2.08. The summed E-state index contributed by atoms with van der Waals surface area (Å²) in [6, 6.07) is 10.9. The minimum Gasteiger partial charge on any atom is -0.356 e. The Hall–Kier alpha value is -2.96. The van der Waals surface area contributed by atoms with Gasteiger partial charge in [-0.2, -0.15) is 0 Å². The van der Waals surface area contributed by atoms with Gasteiger partial charge in [-0.05, 0) is 36.2 Å². The average molecular weight is 340 g/mol. The molecule has 2 aromatic heterocycles. The van der Waals surface area contributed by atoms with Crippen molar-refractivity contribution in [1.29, 1.82) is 0 Å². The number of pyridine rings is 1. The van der Waals surface area contributed by atoms with E-state index in [1.54, 1.807) is 20.0 Å². The van der Waals surface area contributed by atoms with Crippen LogP contribution in [0.25, 0.3) is 5.65 Å². The van der Waals surface area contributed by atoms with E-state index in [1.807, 2.05) is 34.9 Å². The van der Waals surface area contributed by atoms with Crippen LogP contribution in [0.4, 0.5) is 4.39 Å². The number of fused-ring (bicyclic) bond motifs is 1. The lowest BCUT2D eigenvalue weighted by Gasteiger charge is -2.12. The van der Waals surface area contributed by atoms with E-state index in [2.05, 4.69) is 25.8 Å². The van der Waals surface area contributed by atoms with Crippen LogP contribution in [-0.4, -0.2) is 34.2 Å². The molecule has 1 aromatic carbocycles. The number of halogens is 1. The zero-order chi connectivity index (χ0) is 17.6. The SMILES string of the molecule is CN=C(NCCc1nnc2ccccn12)NCc1ccc(F)c(C)c1. The smallest absolute Gasteiger partial charge is 0.191 e. The Morgan fingerprint density at radius 3 is 2.88 bits per heavy atom. The van der Waals surface area contributed by atoms with Gasteiger partial charge in [0, 0.05) is 32.8 Å². The fourth-order valence-corrected chi connectivity index (χ4v) is 2.58. The van der Waals surface area contributed by atoms with Crippen molar-refractivity contribution in [3.63, 3.8) is 0 Å². The van der Waals surface area contributed by atoms with E-state index in [4.69, 9.17) is 0 Å². The van der Waals surface area contributed by atoms with Crippen LogP contribution in [-0.2, 0) is 13.0 Å². The third kappa shape index (κ3) is 4.12. The first-order valence-corrected chi connectivity index (χ1v) is 8.15. The minimum absolute atomic E-state index is 0.188. The molecule has 0 spiro atoms. The summed E-state index contributed by atoms with van der Waals surface area (Å²) in [4.78, 5) is 4.20. The lowest BCUT2D eigenvalue weighted by atomic mass is 10.1. The van der Waals surface area contributed by atoms with Gasteiger partial charge in [0.25, 0.3) is 0 Å². The number of hydrogen-bond donors (Lipinski definition) is 2. The third-order valence-electron chi connectivity index (χ3n) is 3.93. The van der Waals surface area contributed by atoms with Crippen molar-refractivity contribution in [2.24, 2.45) is 4.99 Å². The number of aryl methyl sites for hydroxylation is 1. The van der Waals surface area contributed by atoms with Gasteiger partial charge >= 0.3 is 0 Å². The van der Waals surface area contributed by atoms with E-state index >= 15 is 0 Å². The van der Waals surface area contributed by atoms with Crippen molar-refractivity contribution in [2.45, 2.75) is 19.9 Å². The summed E-state index contributed by atoms with van der Waals surface area (Å²) in [5.41, 5.74) is 2.48. The Kier molecular flexibility index (Phi) is 5.23. The van der Waals surface area contributed by atoms with E-state index in [9.17, 15) is 4.39 Å². The molecule has 0 saturated carbocycles. The second kappa shape index (κ2) is 7.74. The Labute approximate surface area is 145 Å². The van der Waals surface area contributed by atoms with Crippen LogP contribution in [0, 0.1) is 12.7 Å². The topological polar surface area (TPSA) is 66.6 Å². The second-order valence-electron chi connectivity index (χ2n) is 5.73. The fourth-order valence-electron chi connectivity index (χ4n) is 2.58. The fraction of sp³-hybridized carbons (Fsp3) is 0.278. The van der Waals surface area contributed by atoms with Crippen molar-refractivity contribution in [3.05, 3.63) is 65.4 Å². The number of benzene rings is 1. The molecule has 3 aromatic rings. The van der Waals surface area contributed by atoms with Gasteiger partial charge in [-0.25, -0.2) is 4.39 Å². The number of hydrogen-bond acceptors (Lipinski definition) is 3. The molecule has 0 aliphatic heterocycles. The molecular formula is C18H21FN6. The van der Waals surface area contributed by atoms with Crippen LogP contribution in [0.2, 0.25) is 0 Å². The molecule has 7 heteroatoms. The molecule has 0 aliphatic carbocycles. The van der Waals surface area contributed by atoms with Crippen molar-refractivity contribution in [2.75, 3.05) is 13.6 Å². The lowest BCUT2D eigenvalue weighted by Crippen LogP contribution is -2.38. The average Bonchev–Trinajstić information content (AvgIpc) is 3.04. The van der Waals surface area contributed by atoms with Gasteiger partial charge in [-0.15, -0.1) is 10.2 Å². The van der Waals surface area contributed by atoms with Gasteiger partial charge in [0.05, 0.1) is 0 Å². The summed E-state index contributed by atoms with van der Waals surface area (Å²) in [6.45, 7) is 3.02. The second-order valence-corrected chi connectivity index (χ2v) is 5.73. The highest BCUT2D eigenvalue weighted by atomic mass is 19.1. The maximum absolute atomic E-state index is 13.3. The third-order valence-corrected chi connectivity index (χ3v) is 3.93. The van der Waals surface area contributed by atoms with Crippen LogP contribution >= 0.6 is 0 Å². The first kappa shape index (κ1) is 16.9. The van der Waals surface area contributed by atoms with Crippen LogP contribution in [0.5, 0.6) is 0 Å². The molecule has 130 valence electrons. The number of guanidine groups is 1. The Balaban J connectivity index is 1.51. The summed E-state index contributed by atoms with van der Waals surface area (Å²) in [5, 5.41) is 14.8. The maximum Gasteiger partial charge on any atom is 0.191 e. The Morgan fingerprint density at radius 1 is 1.20 bits per heavy atom. The van der Waals surface area contributed by atoms with Crippen LogP contribution in [0.3, 0.4) is 0 Å². The molecule has 0 atom stereocenters. The number of nitrogens with one attached hydrogen (secondary N) is 2. The lowest BCUT2D eigenvalue weighted by molar-refractivity contribution is 0.617. The first-order valence-electron chi connectivity index (χ1n) is 8.15. The number of aliphatic imine (C=N–C) groups is 1. The molecule has 3 rings (SSSR count). The summed E-state index contributed by atoms with van der Waals surface area (Å²) in [5.74, 6) is 1.40. The normalized spacial score (nSPS) is 11.7. The van der Waals surface area contributed by atoms with Gasteiger partial charge in [-0.1, -0.05) is 18.2 Å². The summed E-state index contributed by atoms with van der Waals surface area (Å²) < 4.78 is 15.3. The molecule has 2 N–H and O–H groups in total. The van der Waals surface area contributed by atoms with Gasteiger partial charge < -0.3 is 10.6 Å². The van der Waals surface area contributed by atoms with Crippen molar-refractivity contribution in [3.8, 4) is 0 Å². The maximum atomic E-state index is 13.3. The molecule has 0 radical (unpaired) electrons. The molecule has 0 bridgehead atoms.